The summed E-state index contributed by atoms with van der Waals surface area (Å²) in [6.07, 6.45) is 4.54. The highest BCUT2D eigenvalue weighted by Crippen LogP contribution is 2.28. The van der Waals surface area contributed by atoms with E-state index in [1.54, 1.807) is 0 Å². The van der Waals surface area contributed by atoms with Crippen molar-refractivity contribution in [2.75, 3.05) is 11.9 Å². The zero-order chi connectivity index (χ0) is 9.26. The number of nitrogens with zero attached hydrogens (tertiary/aromatic N) is 2. The standard InChI is InChI=1S/C10H15N3/c1-7-8(2)13-10(6-11-7)12-5-9-3-4-9/h6,9H,3-5H2,1-2H3,(H,12,13). The molecule has 0 amide bonds. The first kappa shape index (κ1) is 8.48. The van der Waals surface area contributed by atoms with E-state index < -0.39 is 0 Å². The Bertz CT molecular complexity index is 305. The molecule has 0 aliphatic heterocycles. The van der Waals surface area contributed by atoms with Crippen molar-refractivity contribution >= 4 is 5.82 Å². The summed E-state index contributed by atoms with van der Waals surface area (Å²) < 4.78 is 0. The summed E-state index contributed by atoms with van der Waals surface area (Å²) >= 11 is 0. The Balaban J connectivity index is 1.98. The largest absolute Gasteiger partial charge is 0.369 e. The Kier molecular flexibility index (Phi) is 2.17. The van der Waals surface area contributed by atoms with Crippen LogP contribution in [-0.2, 0) is 0 Å². The molecule has 0 unspecified atom stereocenters. The lowest BCUT2D eigenvalue weighted by Crippen LogP contribution is -2.06. The van der Waals surface area contributed by atoms with Gasteiger partial charge in [-0.1, -0.05) is 0 Å². The zero-order valence-electron chi connectivity index (χ0n) is 8.17. The first-order chi connectivity index (χ1) is 6.25. The Morgan fingerprint density at radius 2 is 2.15 bits per heavy atom. The summed E-state index contributed by atoms with van der Waals surface area (Å²) in [5.74, 6) is 1.79. The number of aryl methyl sites for hydroxylation is 2. The third-order valence-electron chi connectivity index (χ3n) is 2.46. The van der Waals surface area contributed by atoms with Crippen LogP contribution in [0.2, 0.25) is 0 Å². The summed E-state index contributed by atoms with van der Waals surface area (Å²) in [7, 11) is 0. The van der Waals surface area contributed by atoms with Gasteiger partial charge in [0.15, 0.2) is 0 Å². The predicted molar refractivity (Wildman–Crippen MR) is 52.7 cm³/mol. The van der Waals surface area contributed by atoms with E-state index in [-0.39, 0.29) is 0 Å². The highest BCUT2D eigenvalue weighted by atomic mass is 15.0. The molecule has 1 aromatic rings. The van der Waals surface area contributed by atoms with Gasteiger partial charge in [0.2, 0.25) is 0 Å². The van der Waals surface area contributed by atoms with Crippen LogP contribution >= 0.6 is 0 Å². The smallest absolute Gasteiger partial charge is 0.144 e. The lowest BCUT2D eigenvalue weighted by molar-refractivity contribution is 0.876. The van der Waals surface area contributed by atoms with E-state index in [0.717, 1.165) is 29.7 Å². The van der Waals surface area contributed by atoms with Crippen LogP contribution in [0.3, 0.4) is 0 Å². The quantitative estimate of drug-likeness (QED) is 0.766. The molecule has 0 bridgehead atoms. The monoisotopic (exact) mass is 177 g/mol. The summed E-state index contributed by atoms with van der Waals surface area (Å²) in [6, 6.07) is 0. The van der Waals surface area contributed by atoms with Crippen molar-refractivity contribution in [1.82, 2.24) is 9.97 Å². The third kappa shape index (κ3) is 2.17. The maximum Gasteiger partial charge on any atom is 0.144 e. The highest BCUT2D eigenvalue weighted by Gasteiger charge is 2.20. The van der Waals surface area contributed by atoms with E-state index in [4.69, 9.17) is 0 Å². The van der Waals surface area contributed by atoms with Crippen molar-refractivity contribution in [2.24, 2.45) is 5.92 Å². The van der Waals surface area contributed by atoms with Crippen molar-refractivity contribution in [1.29, 1.82) is 0 Å². The van der Waals surface area contributed by atoms with Gasteiger partial charge < -0.3 is 5.32 Å². The van der Waals surface area contributed by atoms with Crippen LogP contribution in [0.5, 0.6) is 0 Å². The van der Waals surface area contributed by atoms with Crippen LogP contribution in [0.15, 0.2) is 6.20 Å². The first-order valence-corrected chi connectivity index (χ1v) is 4.80. The van der Waals surface area contributed by atoms with Gasteiger partial charge in [0.25, 0.3) is 0 Å². The average Bonchev–Trinajstić information content (AvgIpc) is 2.91. The molecule has 0 atom stereocenters. The number of anilines is 1. The van der Waals surface area contributed by atoms with Gasteiger partial charge >= 0.3 is 0 Å². The van der Waals surface area contributed by atoms with Crippen molar-refractivity contribution in [3.63, 3.8) is 0 Å². The molecule has 1 aromatic heterocycles. The van der Waals surface area contributed by atoms with Crippen molar-refractivity contribution in [3.8, 4) is 0 Å². The van der Waals surface area contributed by atoms with Crippen molar-refractivity contribution < 1.29 is 0 Å². The van der Waals surface area contributed by atoms with Crippen LogP contribution in [0.4, 0.5) is 5.82 Å². The van der Waals surface area contributed by atoms with Crippen LogP contribution < -0.4 is 5.32 Å². The van der Waals surface area contributed by atoms with Crippen LogP contribution in [0.25, 0.3) is 0 Å². The molecule has 70 valence electrons. The lowest BCUT2D eigenvalue weighted by Gasteiger charge is -2.05. The summed E-state index contributed by atoms with van der Waals surface area (Å²) in [5.41, 5.74) is 2.03. The van der Waals surface area contributed by atoms with Crippen molar-refractivity contribution in [2.45, 2.75) is 26.7 Å². The van der Waals surface area contributed by atoms with Crippen LogP contribution in [0.1, 0.15) is 24.2 Å². The molecule has 1 aliphatic rings. The number of hydrogen-bond donors (Lipinski definition) is 1. The second-order valence-electron chi connectivity index (χ2n) is 3.75. The maximum atomic E-state index is 4.40. The molecule has 1 saturated carbocycles. The number of hydrogen-bond acceptors (Lipinski definition) is 3. The topological polar surface area (TPSA) is 37.8 Å². The Morgan fingerprint density at radius 3 is 2.77 bits per heavy atom. The molecule has 0 saturated heterocycles. The fourth-order valence-electron chi connectivity index (χ4n) is 1.20. The Hall–Kier alpha value is -1.12. The first-order valence-electron chi connectivity index (χ1n) is 4.80. The molecule has 3 heteroatoms. The summed E-state index contributed by atoms with van der Waals surface area (Å²) in [5, 5.41) is 3.30. The fraction of sp³-hybridized carbons (Fsp3) is 0.600. The predicted octanol–water partition coefficient (Wildman–Crippen LogP) is 1.92. The lowest BCUT2D eigenvalue weighted by atomic mass is 10.3. The second kappa shape index (κ2) is 3.32. The van der Waals surface area contributed by atoms with Crippen molar-refractivity contribution in [3.05, 3.63) is 17.6 Å². The van der Waals surface area contributed by atoms with Gasteiger partial charge in [-0.05, 0) is 32.6 Å². The average molecular weight is 177 g/mol. The minimum absolute atomic E-state index is 0.878. The van der Waals surface area contributed by atoms with Gasteiger partial charge in [0, 0.05) is 6.54 Å². The highest BCUT2D eigenvalue weighted by molar-refractivity contribution is 5.33. The fourth-order valence-corrected chi connectivity index (χ4v) is 1.20. The molecule has 0 radical (unpaired) electrons. The van der Waals surface area contributed by atoms with Gasteiger partial charge in [-0.25, -0.2) is 4.98 Å². The zero-order valence-corrected chi connectivity index (χ0v) is 8.17. The molecule has 1 N–H and O–H groups in total. The molecule has 2 rings (SSSR count). The van der Waals surface area contributed by atoms with E-state index in [0.29, 0.717) is 0 Å². The summed E-state index contributed by atoms with van der Waals surface area (Å²) in [6.45, 7) is 5.02. The molecular formula is C10H15N3. The third-order valence-corrected chi connectivity index (χ3v) is 2.46. The van der Waals surface area contributed by atoms with E-state index in [1.165, 1.54) is 12.8 Å². The maximum absolute atomic E-state index is 4.40. The summed E-state index contributed by atoms with van der Waals surface area (Å²) in [4.78, 5) is 8.65. The molecular weight excluding hydrogens is 162 g/mol. The molecule has 1 fully saturated rings. The van der Waals surface area contributed by atoms with Gasteiger partial charge in [0.05, 0.1) is 17.6 Å². The number of aromatic nitrogens is 2. The molecule has 13 heavy (non-hydrogen) atoms. The van der Waals surface area contributed by atoms with Gasteiger partial charge in [-0.15, -0.1) is 0 Å². The van der Waals surface area contributed by atoms with E-state index in [9.17, 15) is 0 Å². The van der Waals surface area contributed by atoms with Gasteiger partial charge in [-0.3, -0.25) is 4.98 Å². The van der Waals surface area contributed by atoms with E-state index in [1.807, 2.05) is 20.0 Å². The van der Waals surface area contributed by atoms with Gasteiger partial charge in [0.1, 0.15) is 5.82 Å². The SMILES string of the molecule is Cc1ncc(NCC2CC2)nc1C. The molecule has 3 nitrogen and oxygen atoms in total. The number of rotatable bonds is 3. The van der Waals surface area contributed by atoms with Crippen LogP contribution in [0, 0.1) is 19.8 Å². The normalized spacial score (nSPS) is 15.8. The number of nitrogens with one attached hydrogen (secondary N) is 1. The van der Waals surface area contributed by atoms with Gasteiger partial charge in [-0.2, -0.15) is 0 Å². The molecule has 1 heterocycles. The minimum atomic E-state index is 0.878. The Morgan fingerprint density at radius 1 is 1.38 bits per heavy atom. The van der Waals surface area contributed by atoms with Crippen LogP contribution in [-0.4, -0.2) is 16.5 Å². The van der Waals surface area contributed by atoms with E-state index >= 15 is 0 Å². The minimum Gasteiger partial charge on any atom is -0.369 e. The van der Waals surface area contributed by atoms with E-state index in [2.05, 4.69) is 15.3 Å². The molecule has 0 aromatic carbocycles. The second-order valence-corrected chi connectivity index (χ2v) is 3.75. The molecule has 1 aliphatic carbocycles. The molecule has 0 spiro atoms. The Labute approximate surface area is 78.6 Å².